The van der Waals surface area contributed by atoms with Gasteiger partial charge in [0.2, 0.25) is 5.91 Å². The average Bonchev–Trinajstić information content (AvgIpc) is 3.05. The van der Waals surface area contributed by atoms with Crippen LogP contribution >= 0.6 is 11.6 Å². The first-order valence-corrected chi connectivity index (χ1v) is 10.6. The first kappa shape index (κ1) is 20.7. The third-order valence-corrected chi connectivity index (χ3v) is 5.74. The van der Waals surface area contributed by atoms with Crippen LogP contribution in [-0.4, -0.2) is 39.2 Å². The van der Waals surface area contributed by atoms with Gasteiger partial charge in [0.25, 0.3) is 0 Å². The molecule has 28 heavy (non-hydrogen) atoms. The molecular formula is C22H31ClN4O. The van der Waals surface area contributed by atoms with Gasteiger partial charge in [-0.3, -0.25) is 9.48 Å². The van der Waals surface area contributed by atoms with E-state index in [0.717, 1.165) is 48.6 Å². The zero-order valence-corrected chi connectivity index (χ0v) is 17.8. The van der Waals surface area contributed by atoms with Gasteiger partial charge in [0.1, 0.15) is 0 Å². The van der Waals surface area contributed by atoms with Gasteiger partial charge in [0.15, 0.2) is 0 Å². The summed E-state index contributed by atoms with van der Waals surface area (Å²) in [6.07, 6.45) is 6.12. The molecule has 0 saturated carbocycles. The van der Waals surface area contributed by atoms with Crippen LogP contribution in [0.1, 0.15) is 45.2 Å². The van der Waals surface area contributed by atoms with Crippen LogP contribution in [0, 0.1) is 5.92 Å². The van der Waals surface area contributed by atoms with Crippen LogP contribution in [-0.2, 0) is 18.3 Å². The third kappa shape index (κ3) is 5.28. The van der Waals surface area contributed by atoms with Gasteiger partial charge in [-0.15, -0.1) is 0 Å². The molecule has 2 aromatic rings. The Morgan fingerprint density at radius 2 is 2.18 bits per heavy atom. The predicted molar refractivity (Wildman–Crippen MR) is 115 cm³/mol. The fraction of sp³-hybridized carbons (Fsp3) is 0.545. The number of piperidine rings is 1. The zero-order valence-electron chi connectivity index (χ0n) is 17.1. The standard InChI is InChI=1S/C22H31ClN4O/c1-16(2)14-21-20(25-18-7-4-6-17(23)15-18)8-5-13-27(21)22(28)10-9-19-11-12-24-26(19)3/h4,6-7,11-12,15-16,20-21,25H,5,8-10,13-14H2,1-3H3/t20-,21-/m1/s1. The van der Waals surface area contributed by atoms with Crippen LogP contribution in [0.2, 0.25) is 5.02 Å². The van der Waals surface area contributed by atoms with Gasteiger partial charge in [0, 0.05) is 48.7 Å². The Morgan fingerprint density at radius 1 is 1.36 bits per heavy atom. The van der Waals surface area contributed by atoms with E-state index in [1.165, 1.54) is 0 Å². The van der Waals surface area contributed by atoms with Crippen LogP contribution in [0.5, 0.6) is 0 Å². The molecule has 1 N–H and O–H groups in total. The largest absolute Gasteiger partial charge is 0.380 e. The van der Waals surface area contributed by atoms with Gasteiger partial charge in [-0.25, -0.2) is 0 Å². The molecule has 1 aliphatic rings. The number of benzene rings is 1. The van der Waals surface area contributed by atoms with Crippen molar-refractivity contribution in [1.82, 2.24) is 14.7 Å². The first-order valence-electron chi connectivity index (χ1n) is 10.2. The quantitative estimate of drug-likeness (QED) is 0.740. The van der Waals surface area contributed by atoms with E-state index in [0.29, 0.717) is 12.3 Å². The van der Waals surface area contributed by atoms with Gasteiger partial charge < -0.3 is 10.2 Å². The summed E-state index contributed by atoms with van der Waals surface area (Å²) in [4.78, 5) is 15.2. The lowest BCUT2D eigenvalue weighted by molar-refractivity contribution is -0.135. The number of rotatable bonds is 7. The van der Waals surface area contributed by atoms with Crippen molar-refractivity contribution in [2.45, 2.75) is 58.0 Å². The molecule has 0 unspecified atom stereocenters. The van der Waals surface area contributed by atoms with Crippen molar-refractivity contribution < 1.29 is 4.79 Å². The Kier molecular flexibility index (Phi) is 7.00. The fourth-order valence-corrected chi connectivity index (χ4v) is 4.32. The summed E-state index contributed by atoms with van der Waals surface area (Å²) in [5.74, 6) is 0.767. The van der Waals surface area contributed by atoms with Crippen LogP contribution in [0.15, 0.2) is 36.5 Å². The topological polar surface area (TPSA) is 50.2 Å². The normalized spacial score (nSPS) is 19.8. The molecule has 1 aromatic carbocycles. The number of halogens is 1. The lowest BCUT2D eigenvalue weighted by atomic mass is 9.89. The van der Waals surface area contributed by atoms with E-state index in [9.17, 15) is 4.79 Å². The average molecular weight is 403 g/mol. The molecule has 152 valence electrons. The van der Waals surface area contributed by atoms with E-state index in [4.69, 9.17) is 11.6 Å². The van der Waals surface area contributed by atoms with Gasteiger partial charge in [0.05, 0.1) is 6.04 Å². The van der Waals surface area contributed by atoms with Gasteiger partial charge in [-0.1, -0.05) is 31.5 Å². The van der Waals surface area contributed by atoms with Crippen LogP contribution in [0.3, 0.4) is 0 Å². The van der Waals surface area contributed by atoms with E-state index in [1.807, 2.05) is 42.1 Å². The lowest BCUT2D eigenvalue weighted by Gasteiger charge is -2.43. The molecule has 1 aromatic heterocycles. The second-order valence-electron chi connectivity index (χ2n) is 8.13. The highest BCUT2D eigenvalue weighted by molar-refractivity contribution is 6.30. The maximum atomic E-state index is 13.1. The number of amides is 1. The molecule has 6 heteroatoms. The number of nitrogens with one attached hydrogen (secondary N) is 1. The summed E-state index contributed by atoms with van der Waals surface area (Å²) in [7, 11) is 1.92. The summed E-state index contributed by atoms with van der Waals surface area (Å²) < 4.78 is 1.85. The maximum Gasteiger partial charge on any atom is 0.223 e. The van der Waals surface area contributed by atoms with Crippen molar-refractivity contribution in [1.29, 1.82) is 0 Å². The summed E-state index contributed by atoms with van der Waals surface area (Å²) in [6, 6.07) is 10.3. The maximum absolute atomic E-state index is 13.1. The predicted octanol–water partition coefficient (Wildman–Crippen LogP) is 4.52. The minimum absolute atomic E-state index is 0.201. The molecule has 1 fully saturated rings. The molecule has 2 heterocycles. The van der Waals surface area contributed by atoms with E-state index in [2.05, 4.69) is 29.2 Å². The Morgan fingerprint density at radius 3 is 2.86 bits per heavy atom. The highest BCUT2D eigenvalue weighted by atomic mass is 35.5. The monoisotopic (exact) mass is 402 g/mol. The molecule has 0 aliphatic carbocycles. The van der Waals surface area contributed by atoms with Crippen molar-refractivity contribution in [3.8, 4) is 0 Å². The number of nitrogens with zero attached hydrogens (tertiary/aromatic N) is 3. The molecule has 0 bridgehead atoms. The number of likely N-dealkylation sites (tertiary alicyclic amines) is 1. The van der Waals surface area contributed by atoms with Crippen molar-refractivity contribution in [3.05, 3.63) is 47.2 Å². The van der Waals surface area contributed by atoms with E-state index in [-0.39, 0.29) is 18.0 Å². The highest BCUT2D eigenvalue weighted by Gasteiger charge is 2.34. The second kappa shape index (κ2) is 9.46. The van der Waals surface area contributed by atoms with Crippen molar-refractivity contribution in [2.75, 3.05) is 11.9 Å². The zero-order chi connectivity index (χ0) is 20.1. The Balaban J connectivity index is 1.71. The van der Waals surface area contributed by atoms with E-state index < -0.39 is 0 Å². The molecule has 5 nitrogen and oxygen atoms in total. The van der Waals surface area contributed by atoms with Crippen molar-refractivity contribution >= 4 is 23.2 Å². The molecule has 0 radical (unpaired) electrons. The summed E-state index contributed by atoms with van der Waals surface area (Å²) in [5.41, 5.74) is 2.12. The Hall–Kier alpha value is -2.01. The first-order chi connectivity index (χ1) is 13.4. The Bertz CT molecular complexity index is 788. The molecule has 3 rings (SSSR count). The minimum atomic E-state index is 0.201. The number of aryl methyl sites for hydroxylation is 2. The van der Waals surface area contributed by atoms with E-state index in [1.54, 1.807) is 6.20 Å². The molecule has 0 spiro atoms. The molecule has 2 atom stereocenters. The van der Waals surface area contributed by atoms with Crippen LogP contribution < -0.4 is 5.32 Å². The van der Waals surface area contributed by atoms with Gasteiger partial charge in [-0.05, 0) is 55.9 Å². The summed E-state index contributed by atoms with van der Waals surface area (Å²) in [6.45, 7) is 5.29. The van der Waals surface area contributed by atoms with Crippen LogP contribution in [0.4, 0.5) is 5.69 Å². The third-order valence-electron chi connectivity index (χ3n) is 5.51. The number of anilines is 1. The Labute approximate surface area is 173 Å². The number of carbonyl (C=O) groups excluding carboxylic acids is 1. The number of hydrogen-bond donors (Lipinski definition) is 1. The molecule has 1 saturated heterocycles. The molecule has 1 amide bonds. The summed E-state index contributed by atoms with van der Waals surface area (Å²) in [5, 5.41) is 8.57. The SMILES string of the molecule is CC(C)C[C@@H]1[C@H](Nc2cccc(Cl)c2)CCCN1C(=O)CCc1ccnn1C. The highest BCUT2D eigenvalue weighted by Crippen LogP contribution is 2.28. The van der Waals surface area contributed by atoms with Gasteiger partial charge >= 0.3 is 0 Å². The van der Waals surface area contributed by atoms with Crippen molar-refractivity contribution in [2.24, 2.45) is 13.0 Å². The van der Waals surface area contributed by atoms with Gasteiger partial charge in [-0.2, -0.15) is 5.10 Å². The number of aromatic nitrogens is 2. The molecular weight excluding hydrogens is 372 g/mol. The summed E-state index contributed by atoms with van der Waals surface area (Å²) >= 11 is 6.15. The molecule has 1 aliphatic heterocycles. The smallest absolute Gasteiger partial charge is 0.223 e. The second-order valence-corrected chi connectivity index (χ2v) is 8.57. The number of carbonyl (C=O) groups is 1. The lowest BCUT2D eigenvalue weighted by Crippen LogP contribution is -2.54. The fourth-order valence-electron chi connectivity index (χ4n) is 4.13. The van der Waals surface area contributed by atoms with Crippen molar-refractivity contribution in [3.63, 3.8) is 0 Å². The van der Waals surface area contributed by atoms with E-state index >= 15 is 0 Å². The minimum Gasteiger partial charge on any atom is -0.380 e. The number of hydrogen-bond acceptors (Lipinski definition) is 3. The van der Waals surface area contributed by atoms with Crippen LogP contribution in [0.25, 0.3) is 0 Å².